The zero-order valence-corrected chi connectivity index (χ0v) is 12.1. The van der Waals surface area contributed by atoms with Crippen molar-refractivity contribution >= 4 is 0 Å². The predicted octanol–water partition coefficient (Wildman–Crippen LogP) is 3.16. The van der Waals surface area contributed by atoms with Crippen LogP contribution >= 0.6 is 0 Å². The summed E-state index contributed by atoms with van der Waals surface area (Å²) in [7, 11) is 0. The van der Waals surface area contributed by atoms with Crippen LogP contribution in [0.15, 0.2) is 18.2 Å². The van der Waals surface area contributed by atoms with Crippen LogP contribution in [0.1, 0.15) is 37.8 Å². The lowest BCUT2D eigenvalue weighted by Gasteiger charge is -2.30. The van der Waals surface area contributed by atoms with Gasteiger partial charge in [-0.2, -0.15) is 5.06 Å². The van der Waals surface area contributed by atoms with Crippen LogP contribution in [-0.4, -0.2) is 29.9 Å². The first-order chi connectivity index (χ1) is 9.24. The minimum Gasteiger partial charge on any atom is -0.508 e. The van der Waals surface area contributed by atoms with E-state index < -0.39 is 0 Å². The molecule has 0 heterocycles. The van der Waals surface area contributed by atoms with Gasteiger partial charge in [0.2, 0.25) is 0 Å². The fourth-order valence-corrected chi connectivity index (χ4v) is 2.95. The van der Waals surface area contributed by atoms with Crippen LogP contribution in [0.3, 0.4) is 0 Å². The molecule has 0 bridgehead atoms. The molecule has 1 atom stereocenters. The van der Waals surface area contributed by atoms with Crippen molar-refractivity contribution < 1.29 is 9.94 Å². The SMILES string of the molecule is CCCN(CC1CCc2c(O)cccc2C1)OCC. The Morgan fingerprint density at radius 1 is 1.37 bits per heavy atom. The summed E-state index contributed by atoms with van der Waals surface area (Å²) in [6, 6.07) is 5.89. The van der Waals surface area contributed by atoms with E-state index >= 15 is 0 Å². The van der Waals surface area contributed by atoms with E-state index in [1.54, 1.807) is 6.07 Å². The Morgan fingerprint density at radius 3 is 2.95 bits per heavy atom. The highest BCUT2D eigenvalue weighted by Gasteiger charge is 2.22. The van der Waals surface area contributed by atoms with Crippen molar-refractivity contribution in [1.82, 2.24) is 5.06 Å². The normalized spacial score (nSPS) is 18.6. The minimum absolute atomic E-state index is 0.464. The molecule has 1 aliphatic rings. The summed E-state index contributed by atoms with van der Waals surface area (Å²) in [6.45, 7) is 6.95. The number of hydrogen-bond acceptors (Lipinski definition) is 3. The second kappa shape index (κ2) is 6.92. The quantitative estimate of drug-likeness (QED) is 0.800. The van der Waals surface area contributed by atoms with Gasteiger partial charge in [0.1, 0.15) is 5.75 Å². The standard InChI is InChI=1S/C16H25NO2/c1-3-10-17(19-4-2)12-13-8-9-15-14(11-13)6-5-7-16(15)18/h5-7,13,18H,3-4,8-12H2,1-2H3. The fourth-order valence-electron chi connectivity index (χ4n) is 2.95. The molecule has 0 spiro atoms. The lowest BCUT2D eigenvalue weighted by Crippen LogP contribution is -2.33. The molecule has 1 N–H and O–H groups in total. The lowest BCUT2D eigenvalue weighted by molar-refractivity contribution is -0.162. The molecule has 106 valence electrons. The molecule has 0 aromatic heterocycles. The van der Waals surface area contributed by atoms with Crippen LogP contribution in [0.2, 0.25) is 0 Å². The zero-order valence-electron chi connectivity index (χ0n) is 12.1. The summed E-state index contributed by atoms with van der Waals surface area (Å²) in [5.74, 6) is 1.10. The summed E-state index contributed by atoms with van der Waals surface area (Å²) in [4.78, 5) is 5.68. The molecule has 1 aromatic rings. The smallest absolute Gasteiger partial charge is 0.119 e. The number of aromatic hydroxyl groups is 1. The van der Waals surface area contributed by atoms with Gasteiger partial charge < -0.3 is 5.11 Å². The highest BCUT2D eigenvalue weighted by molar-refractivity contribution is 5.40. The third-order valence-electron chi connectivity index (χ3n) is 3.81. The fraction of sp³-hybridized carbons (Fsp3) is 0.625. The highest BCUT2D eigenvalue weighted by atomic mass is 16.7. The van der Waals surface area contributed by atoms with Gasteiger partial charge >= 0.3 is 0 Å². The molecule has 3 nitrogen and oxygen atoms in total. The van der Waals surface area contributed by atoms with Crippen molar-refractivity contribution in [3.05, 3.63) is 29.3 Å². The summed E-state index contributed by atoms with van der Waals surface area (Å²) in [5.41, 5.74) is 2.46. The van der Waals surface area contributed by atoms with Crippen molar-refractivity contribution in [2.45, 2.75) is 39.5 Å². The monoisotopic (exact) mass is 263 g/mol. The highest BCUT2D eigenvalue weighted by Crippen LogP contribution is 2.31. The van der Waals surface area contributed by atoms with E-state index in [1.807, 2.05) is 13.0 Å². The Bertz CT molecular complexity index is 400. The Morgan fingerprint density at radius 2 is 2.21 bits per heavy atom. The van der Waals surface area contributed by atoms with E-state index in [1.165, 1.54) is 5.56 Å². The Kier molecular flexibility index (Phi) is 5.23. The maximum atomic E-state index is 9.86. The van der Waals surface area contributed by atoms with Crippen LogP contribution < -0.4 is 0 Å². The van der Waals surface area contributed by atoms with Gasteiger partial charge in [0.05, 0.1) is 6.61 Å². The average Bonchev–Trinajstić information content (AvgIpc) is 2.39. The number of hydroxylamine groups is 2. The molecule has 0 amide bonds. The second-order valence-electron chi connectivity index (χ2n) is 5.33. The Balaban J connectivity index is 1.97. The first-order valence-electron chi connectivity index (χ1n) is 7.42. The van der Waals surface area contributed by atoms with Crippen LogP contribution in [0.4, 0.5) is 0 Å². The zero-order chi connectivity index (χ0) is 13.7. The topological polar surface area (TPSA) is 32.7 Å². The largest absolute Gasteiger partial charge is 0.508 e. The number of phenols is 1. The van der Waals surface area contributed by atoms with Crippen LogP contribution in [-0.2, 0) is 17.7 Å². The molecule has 1 aromatic carbocycles. The molecule has 0 saturated heterocycles. The molecule has 19 heavy (non-hydrogen) atoms. The van der Waals surface area contributed by atoms with Gasteiger partial charge in [-0.3, -0.25) is 4.84 Å². The third kappa shape index (κ3) is 3.71. The van der Waals surface area contributed by atoms with Crippen molar-refractivity contribution in [2.24, 2.45) is 5.92 Å². The van der Waals surface area contributed by atoms with Crippen molar-refractivity contribution in [2.75, 3.05) is 19.7 Å². The van der Waals surface area contributed by atoms with E-state index in [2.05, 4.69) is 18.1 Å². The van der Waals surface area contributed by atoms with E-state index in [9.17, 15) is 5.11 Å². The van der Waals surface area contributed by atoms with Crippen molar-refractivity contribution in [1.29, 1.82) is 0 Å². The molecule has 1 unspecified atom stereocenters. The number of hydrogen-bond donors (Lipinski definition) is 1. The summed E-state index contributed by atoms with van der Waals surface area (Å²) < 4.78 is 0. The average molecular weight is 263 g/mol. The molecule has 0 radical (unpaired) electrons. The van der Waals surface area contributed by atoms with Gasteiger partial charge in [-0.25, -0.2) is 0 Å². The maximum Gasteiger partial charge on any atom is 0.119 e. The third-order valence-corrected chi connectivity index (χ3v) is 3.81. The Hall–Kier alpha value is -1.06. The van der Waals surface area contributed by atoms with Gasteiger partial charge in [-0.1, -0.05) is 19.1 Å². The molecular weight excluding hydrogens is 238 g/mol. The van der Waals surface area contributed by atoms with E-state index in [0.29, 0.717) is 11.7 Å². The molecular formula is C16H25NO2. The first kappa shape index (κ1) is 14.4. The number of fused-ring (bicyclic) bond motifs is 1. The van der Waals surface area contributed by atoms with Gasteiger partial charge in [0, 0.05) is 13.1 Å². The molecule has 1 aliphatic carbocycles. The number of phenolic OH excluding ortho intramolecular Hbond substituents is 1. The van der Waals surface area contributed by atoms with Crippen molar-refractivity contribution in [3.8, 4) is 5.75 Å². The molecule has 0 aliphatic heterocycles. The summed E-state index contributed by atoms with van der Waals surface area (Å²) in [5, 5.41) is 12.0. The number of rotatable bonds is 6. The van der Waals surface area contributed by atoms with E-state index in [4.69, 9.17) is 4.84 Å². The first-order valence-corrected chi connectivity index (χ1v) is 7.42. The van der Waals surface area contributed by atoms with Crippen LogP contribution in [0.5, 0.6) is 5.75 Å². The molecule has 2 rings (SSSR count). The summed E-state index contributed by atoms with van der Waals surface area (Å²) in [6.07, 6.45) is 4.29. The van der Waals surface area contributed by atoms with E-state index in [-0.39, 0.29) is 0 Å². The van der Waals surface area contributed by atoms with Gasteiger partial charge in [-0.05, 0) is 55.7 Å². The Labute approximate surface area is 116 Å². The van der Waals surface area contributed by atoms with Crippen LogP contribution in [0.25, 0.3) is 0 Å². The van der Waals surface area contributed by atoms with Gasteiger partial charge in [-0.15, -0.1) is 0 Å². The predicted molar refractivity (Wildman–Crippen MR) is 77.1 cm³/mol. The van der Waals surface area contributed by atoms with E-state index in [0.717, 1.165) is 50.9 Å². The molecule has 3 heteroatoms. The lowest BCUT2D eigenvalue weighted by atomic mass is 9.83. The molecule has 0 fully saturated rings. The maximum absolute atomic E-state index is 9.86. The minimum atomic E-state index is 0.464. The second-order valence-corrected chi connectivity index (χ2v) is 5.33. The van der Waals surface area contributed by atoms with Crippen LogP contribution in [0, 0.1) is 5.92 Å². The van der Waals surface area contributed by atoms with Crippen molar-refractivity contribution in [3.63, 3.8) is 0 Å². The molecule has 0 saturated carbocycles. The summed E-state index contributed by atoms with van der Waals surface area (Å²) >= 11 is 0. The number of benzene rings is 1. The van der Waals surface area contributed by atoms with Gasteiger partial charge in [0.25, 0.3) is 0 Å². The number of nitrogens with zero attached hydrogens (tertiary/aromatic N) is 1. The van der Waals surface area contributed by atoms with Gasteiger partial charge in [0.15, 0.2) is 0 Å².